The molecule has 4 rings (SSSR count). The van der Waals surface area contributed by atoms with E-state index in [4.69, 9.17) is 9.52 Å². The van der Waals surface area contributed by atoms with E-state index >= 15 is 0 Å². The van der Waals surface area contributed by atoms with Crippen molar-refractivity contribution in [2.24, 2.45) is 0 Å². The molecule has 0 atom stereocenters. The summed E-state index contributed by atoms with van der Waals surface area (Å²) in [6, 6.07) is 20.4. The molecule has 0 fully saturated rings. The van der Waals surface area contributed by atoms with E-state index < -0.39 is 0 Å². The number of aliphatic hydroxyl groups excluding tert-OH is 1. The average molecular weight is 472 g/mol. The Morgan fingerprint density at radius 2 is 1.74 bits per heavy atom. The number of fused-ring (bicyclic) bond motifs is 2. The Bertz CT molecular complexity index is 1380. The van der Waals surface area contributed by atoms with Crippen LogP contribution in [0.15, 0.2) is 65.1 Å². The van der Waals surface area contributed by atoms with Crippen molar-refractivity contribution >= 4 is 16.9 Å². The largest absolute Gasteiger partial charge is 0.456 e. The first-order valence-corrected chi connectivity index (χ1v) is 12.5. The van der Waals surface area contributed by atoms with Crippen molar-refractivity contribution < 1.29 is 14.3 Å². The van der Waals surface area contributed by atoms with Gasteiger partial charge in [-0.2, -0.15) is 0 Å². The first kappa shape index (κ1) is 24.7. The van der Waals surface area contributed by atoms with Crippen LogP contribution < -0.4 is 9.93 Å². The molecule has 2 aromatic carbocycles. The second-order valence-corrected chi connectivity index (χ2v) is 9.03. The molecule has 5 heteroatoms. The summed E-state index contributed by atoms with van der Waals surface area (Å²) < 4.78 is 8.74. The third-order valence-corrected chi connectivity index (χ3v) is 6.66. The number of benzene rings is 3. The van der Waals surface area contributed by atoms with Gasteiger partial charge in [0.1, 0.15) is 24.4 Å². The highest BCUT2D eigenvalue weighted by Gasteiger charge is 2.23. The van der Waals surface area contributed by atoms with Crippen LogP contribution in [0.2, 0.25) is 0 Å². The number of hydrogen-bond acceptors (Lipinski definition) is 3. The Morgan fingerprint density at radius 1 is 0.971 bits per heavy atom. The summed E-state index contributed by atoms with van der Waals surface area (Å²) >= 11 is 0. The minimum atomic E-state index is -0.0208. The monoisotopic (exact) mass is 471 g/mol. The second-order valence-electron chi connectivity index (χ2n) is 9.03. The van der Waals surface area contributed by atoms with Crippen LogP contribution in [0.3, 0.4) is 0 Å². The lowest BCUT2D eigenvalue weighted by atomic mass is 9.90. The van der Waals surface area contributed by atoms with Crippen LogP contribution in [0.25, 0.3) is 33.4 Å². The number of unbranched alkanes of at least 4 members (excludes halogenated alkanes) is 1. The normalized spacial score (nSPS) is 11.2. The molecule has 0 bridgehead atoms. The number of amides is 1. The van der Waals surface area contributed by atoms with E-state index in [1.54, 1.807) is 4.90 Å². The van der Waals surface area contributed by atoms with Gasteiger partial charge in [0, 0.05) is 48.3 Å². The Labute approximate surface area is 207 Å². The van der Waals surface area contributed by atoms with E-state index in [2.05, 4.69) is 61.7 Å². The summed E-state index contributed by atoms with van der Waals surface area (Å²) in [5, 5.41) is 11.2. The minimum absolute atomic E-state index is 0.0208. The van der Waals surface area contributed by atoms with Crippen molar-refractivity contribution in [2.75, 3.05) is 33.3 Å². The molecular formula is C30H35N2O3+. The van der Waals surface area contributed by atoms with E-state index in [0.29, 0.717) is 18.5 Å². The van der Waals surface area contributed by atoms with Gasteiger partial charge in [0.2, 0.25) is 5.36 Å². The van der Waals surface area contributed by atoms with E-state index in [1.807, 2.05) is 31.3 Å². The van der Waals surface area contributed by atoms with Gasteiger partial charge in [-0.25, -0.2) is 4.58 Å². The van der Waals surface area contributed by atoms with Gasteiger partial charge >= 0.3 is 0 Å². The molecular weight excluding hydrogens is 436 g/mol. The summed E-state index contributed by atoms with van der Waals surface area (Å²) in [4.78, 5) is 15.3. The SMILES string of the molecule is CC[N+](CC)=c1ccc2c(-c3ccccc3C(=O)N(C)CCCCO)c3ccc(C)cc3oc-2c1. The molecule has 1 heterocycles. The number of aryl methyl sites for hydroxylation is 1. The van der Waals surface area contributed by atoms with Crippen LogP contribution >= 0.6 is 0 Å². The number of nitrogens with zero attached hydrogens (tertiary/aromatic N) is 2. The molecule has 0 saturated heterocycles. The fourth-order valence-corrected chi connectivity index (χ4v) is 4.72. The van der Waals surface area contributed by atoms with Crippen molar-refractivity contribution in [3.05, 3.63) is 77.1 Å². The highest BCUT2D eigenvalue weighted by Crippen LogP contribution is 2.41. The summed E-state index contributed by atoms with van der Waals surface area (Å²) in [5.41, 5.74) is 5.50. The molecule has 2 aliphatic rings. The average Bonchev–Trinajstić information content (AvgIpc) is 2.87. The van der Waals surface area contributed by atoms with Crippen molar-refractivity contribution in [1.82, 2.24) is 9.48 Å². The van der Waals surface area contributed by atoms with Gasteiger partial charge in [-0.3, -0.25) is 4.79 Å². The molecule has 1 amide bonds. The molecule has 0 saturated carbocycles. The van der Waals surface area contributed by atoms with Gasteiger partial charge in [0.15, 0.2) is 0 Å². The van der Waals surface area contributed by atoms with Crippen LogP contribution in [0.1, 0.15) is 42.6 Å². The third-order valence-electron chi connectivity index (χ3n) is 6.66. The molecule has 1 N–H and O–H groups in total. The number of rotatable bonds is 8. The standard InChI is InChI=1S/C30H35N2O3/c1-5-32(6-2)22-14-16-26-28(20-22)35-27-19-21(3)13-15-25(27)29(26)23-11-7-8-12-24(23)30(34)31(4)17-9-10-18-33/h7-8,11-16,19-20,33H,5-6,9-10,17-18H2,1-4H3/q+1. The fraction of sp³-hybridized carbons (Fsp3) is 0.333. The van der Waals surface area contributed by atoms with Crippen molar-refractivity contribution in [2.45, 2.75) is 33.6 Å². The molecule has 0 unspecified atom stereocenters. The van der Waals surface area contributed by atoms with Gasteiger partial charge < -0.3 is 14.4 Å². The van der Waals surface area contributed by atoms with Gasteiger partial charge in [0.05, 0.1) is 6.07 Å². The highest BCUT2D eigenvalue weighted by atomic mass is 16.3. The molecule has 5 nitrogen and oxygen atoms in total. The minimum Gasteiger partial charge on any atom is -0.456 e. The Hall–Kier alpha value is -3.44. The van der Waals surface area contributed by atoms with Gasteiger partial charge in [-0.05, 0) is 62.9 Å². The zero-order valence-corrected chi connectivity index (χ0v) is 21.2. The third kappa shape index (κ3) is 5.01. The Balaban J connectivity index is 1.97. The van der Waals surface area contributed by atoms with Gasteiger partial charge in [0.25, 0.3) is 5.91 Å². The van der Waals surface area contributed by atoms with Crippen LogP contribution in [-0.2, 0) is 0 Å². The van der Waals surface area contributed by atoms with Crippen LogP contribution in [-0.4, -0.2) is 49.2 Å². The predicted molar refractivity (Wildman–Crippen MR) is 143 cm³/mol. The maximum atomic E-state index is 13.5. The maximum absolute atomic E-state index is 13.5. The summed E-state index contributed by atoms with van der Waals surface area (Å²) in [6.07, 6.45) is 1.45. The first-order chi connectivity index (χ1) is 17.0. The molecule has 2 aromatic rings. The summed E-state index contributed by atoms with van der Waals surface area (Å²) in [7, 11) is 1.83. The highest BCUT2D eigenvalue weighted by molar-refractivity contribution is 6.09. The lowest BCUT2D eigenvalue weighted by Gasteiger charge is -2.21. The Morgan fingerprint density at radius 3 is 2.49 bits per heavy atom. The fourth-order valence-electron chi connectivity index (χ4n) is 4.72. The first-order valence-electron chi connectivity index (χ1n) is 12.5. The van der Waals surface area contributed by atoms with Gasteiger partial charge in [-0.15, -0.1) is 0 Å². The number of hydrogen-bond donors (Lipinski definition) is 1. The second kappa shape index (κ2) is 10.9. The van der Waals surface area contributed by atoms with E-state index in [1.165, 1.54) is 0 Å². The van der Waals surface area contributed by atoms with Crippen LogP contribution in [0.4, 0.5) is 0 Å². The lowest BCUT2D eigenvalue weighted by molar-refractivity contribution is 0.0791. The number of carbonyl (C=O) groups is 1. The zero-order valence-electron chi connectivity index (χ0n) is 21.2. The van der Waals surface area contributed by atoms with Crippen molar-refractivity contribution in [1.29, 1.82) is 0 Å². The topological polar surface area (TPSA) is 56.7 Å². The molecule has 0 aromatic heterocycles. The molecule has 182 valence electrons. The Kier molecular flexibility index (Phi) is 7.67. The lowest BCUT2D eigenvalue weighted by Crippen LogP contribution is -2.29. The van der Waals surface area contributed by atoms with Crippen molar-refractivity contribution in [3.63, 3.8) is 0 Å². The van der Waals surface area contributed by atoms with Crippen LogP contribution in [0.5, 0.6) is 0 Å². The summed E-state index contributed by atoms with van der Waals surface area (Å²) in [5.74, 6) is 0.786. The van der Waals surface area contributed by atoms with Gasteiger partial charge in [-0.1, -0.05) is 30.3 Å². The number of carbonyl (C=O) groups excluding carboxylic acids is 1. The molecule has 0 spiro atoms. The van der Waals surface area contributed by atoms with Crippen LogP contribution in [0, 0.1) is 6.92 Å². The van der Waals surface area contributed by atoms with Crippen molar-refractivity contribution in [3.8, 4) is 22.5 Å². The molecule has 1 aliphatic carbocycles. The smallest absolute Gasteiger partial charge is 0.254 e. The predicted octanol–water partition coefficient (Wildman–Crippen LogP) is 5.17. The molecule has 35 heavy (non-hydrogen) atoms. The maximum Gasteiger partial charge on any atom is 0.254 e. The van der Waals surface area contributed by atoms with E-state index in [0.717, 1.165) is 63.9 Å². The zero-order chi connectivity index (χ0) is 24.9. The molecule has 0 radical (unpaired) electrons. The van der Waals surface area contributed by atoms with E-state index in [9.17, 15) is 4.79 Å². The number of aliphatic hydroxyl groups is 1. The summed E-state index contributed by atoms with van der Waals surface area (Å²) in [6.45, 7) is 8.94. The molecule has 1 aliphatic heterocycles. The quantitative estimate of drug-likeness (QED) is 0.219. The van der Waals surface area contributed by atoms with E-state index in [-0.39, 0.29) is 12.5 Å².